The van der Waals surface area contributed by atoms with Gasteiger partial charge in [0.25, 0.3) is 0 Å². The van der Waals surface area contributed by atoms with E-state index >= 15 is 0 Å². The van der Waals surface area contributed by atoms with E-state index in [-0.39, 0.29) is 0 Å². The van der Waals surface area contributed by atoms with Gasteiger partial charge in [0.15, 0.2) is 17.5 Å². The first kappa shape index (κ1) is 23.2. The second-order valence-electron chi connectivity index (χ2n) is 9.83. The smallest absolute Gasteiger partial charge is 0.164 e. The Kier molecular flexibility index (Phi) is 5.18. The van der Waals surface area contributed by atoms with Crippen LogP contribution < -0.4 is 5.32 Å². The third-order valence-corrected chi connectivity index (χ3v) is 7.44. The van der Waals surface area contributed by atoms with Crippen LogP contribution in [0.5, 0.6) is 0 Å². The first-order valence-electron chi connectivity index (χ1n) is 13.3. The molecule has 0 saturated carbocycles. The van der Waals surface area contributed by atoms with Crippen molar-refractivity contribution in [3.63, 3.8) is 0 Å². The topological polar surface area (TPSA) is 102 Å². The maximum absolute atomic E-state index is 5.02. The number of amidine groups is 5. The minimum atomic E-state index is 0.583. The number of nitrogens with zero attached hydrogens (tertiary/aromatic N) is 6. The van der Waals surface area contributed by atoms with Crippen LogP contribution in [-0.2, 0) is 6.54 Å². The van der Waals surface area contributed by atoms with Gasteiger partial charge in [-0.05, 0) is 12.3 Å². The predicted octanol–water partition coefficient (Wildman–Crippen LogP) is 6.10. The fourth-order valence-corrected chi connectivity index (χ4v) is 5.47. The van der Waals surface area contributed by atoms with Crippen molar-refractivity contribution in [3.05, 3.63) is 130 Å². The van der Waals surface area contributed by atoms with Gasteiger partial charge in [-0.3, -0.25) is 4.99 Å². The van der Waals surface area contributed by atoms with Crippen LogP contribution in [0.4, 0.5) is 11.6 Å². The summed E-state index contributed by atoms with van der Waals surface area (Å²) >= 11 is 0. The van der Waals surface area contributed by atoms with Crippen molar-refractivity contribution in [3.8, 4) is 0 Å². The molecule has 3 aliphatic rings. The largest absolute Gasteiger partial charge is 0.324 e. The van der Waals surface area contributed by atoms with Crippen molar-refractivity contribution in [2.24, 2.45) is 30.0 Å². The number of aromatic nitrogens is 1. The molecular weight excluding hydrogens is 508 g/mol. The number of fused-ring (bicyclic) bond motifs is 4. The van der Waals surface area contributed by atoms with Crippen molar-refractivity contribution in [2.45, 2.75) is 6.54 Å². The SMILES string of the molecule is C=Nc1[nH]c(/N=C2N=C(/N=C3\N/C(=N\C4=NCc5ccccc54)c4ccccc43)c3ccccc3\2)c2ccccc12. The molecule has 4 aromatic carbocycles. The lowest BCUT2D eigenvalue weighted by atomic mass is 10.1. The number of aliphatic imine (C=N–C) groups is 6. The first-order valence-corrected chi connectivity index (χ1v) is 13.3. The van der Waals surface area contributed by atoms with Gasteiger partial charge >= 0.3 is 0 Å². The molecule has 3 aliphatic heterocycles. The van der Waals surface area contributed by atoms with Crippen molar-refractivity contribution < 1.29 is 0 Å². The number of benzene rings is 4. The summed E-state index contributed by atoms with van der Waals surface area (Å²) in [5.41, 5.74) is 6.00. The summed E-state index contributed by atoms with van der Waals surface area (Å²) in [5.74, 6) is 4.66. The Labute approximate surface area is 235 Å². The highest BCUT2D eigenvalue weighted by molar-refractivity contribution is 6.32. The molecule has 0 unspecified atom stereocenters. The highest BCUT2D eigenvalue weighted by Gasteiger charge is 2.28. The van der Waals surface area contributed by atoms with Gasteiger partial charge in [0.2, 0.25) is 0 Å². The summed E-state index contributed by atoms with van der Waals surface area (Å²) in [6.07, 6.45) is 0. The standard InChI is InChI=1S/C33H22N8/c1-34-27-21-12-4-5-13-22(21)29(36-27)38-31-25-16-8-9-17-26(25)33(40-31)41-32-24-15-7-6-14-23(24)30(39-32)37-28-20-11-3-2-10-19(20)18-35-28/h2-17,36H,1,18H2,(H,35,37,38,39,40,41). The summed E-state index contributed by atoms with van der Waals surface area (Å²) in [6.45, 7) is 4.34. The molecule has 8 nitrogen and oxygen atoms in total. The second-order valence-corrected chi connectivity index (χ2v) is 9.83. The number of hydrogen-bond donors (Lipinski definition) is 2. The minimum Gasteiger partial charge on any atom is -0.324 e. The predicted molar refractivity (Wildman–Crippen MR) is 166 cm³/mol. The van der Waals surface area contributed by atoms with Gasteiger partial charge in [-0.2, -0.15) is 0 Å². The van der Waals surface area contributed by atoms with Gasteiger partial charge in [0, 0.05) is 38.6 Å². The third-order valence-electron chi connectivity index (χ3n) is 7.44. The van der Waals surface area contributed by atoms with E-state index < -0.39 is 0 Å². The molecule has 5 aromatic rings. The summed E-state index contributed by atoms with van der Waals surface area (Å²) in [5, 5.41) is 5.36. The molecule has 8 rings (SSSR count). The Bertz CT molecular complexity index is 2070. The van der Waals surface area contributed by atoms with E-state index in [9.17, 15) is 0 Å². The van der Waals surface area contributed by atoms with E-state index in [2.05, 4.69) is 39.1 Å². The molecule has 1 aromatic heterocycles. The maximum atomic E-state index is 5.02. The molecule has 41 heavy (non-hydrogen) atoms. The Morgan fingerprint density at radius 1 is 0.585 bits per heavy atom. The van der Waals surface area contributed by atoms with Crippen LogP contribution in [0, 0.1) is 0 Å². The molecule has 194 valence electrons. The highest BCUT2D eigenvalue weighted by Crippen LogP contribution is 2.35. The molecule has 0 aliphatic carbocycles. The Balaban J connectivity index is 1.21. The zero-order valence-electron chi connectivity index (χ0n) is 21.8. The molecule has 8 heteroatoms. The summed E-state index contributed by atoms with van der Waals surface area (Å²) in [6, 6.07) is 32.3. The van der Waals surface area contributed by atoms with Crippen molar-refractivity contribution in [1.82, 2.24) is 10.3 Å². The highest BCUT2D eigenvalue weighted by atomic mass is 15.1. The molecule has 0 bridgehead atoms. The molecular formula is C33H22N8. The monoisotopic (exact) mass is 530 g/mol. The Morgan fingerprint density at radius 3 is 1.90 bits per heavy atom. The number of hydrogen-bond acceptors (Lipinski definition) is 5. The summed E-state index contributed by atoms with van der Waals surface area (Å²) in [7, 11) is 0. The molecule has 0 fully saturated rings. The van der Waals surface area contributed by atoms with Crippen molar-refractivity contribution in [1.29, 1.82) is 0 Å². The molecule has 4 heterocycles. The average Bonchev–Trinajstić information content (AvgIpc) is 3.78. The normalized spacial score (nSPS) is 17.9. The van der Waals surface area contributed by atoms with Crippen LogP contribution in [0.1, 0.15) is 33.4 Å². The van der Waals surface area contributed by atoms with Crippen LogP contribution in [0.3, 0.4) is 0 Å². The molecule has 0 saturated heterocycles. The molecule has 0 radical (unpaired) electrons. The Morgan fingerprint density at radius 2 is 1.17 bits per heavy atom. The van der Waals surface area contributed by atoms with Gasteiger partial charge in [-0.25, -0.2) is 25.0 Å². The third kappa shape index (κ3) is 3.76. The number of aromatic amines is 1. The Hall–Kier alpha value is -5.76. The van der Waals surface area contributed by atoms with E-state index in [1.54, 1.807) is 0 Å². The van der Waals surface area contributed by atoms with Gasteiger partial charge in [-0.15, -0.1) is 0 Å². The van der Waals surface area contributed by atoms with E-state index in [1.807, 2.05) is 84.9 Å². The summed E-state index contributed by atoms with van der Waals surface area (Å²) in [4.78, 5) is 31.9. The molecule has 0 spiro atoms. The van der Waals surface area contributed by atoms with Crippen LogP contribution in [0.2, 0.25) is 0 Å². The maximum Gasteiger partial charge on any atom is 0.164 e. The fraction of sp³-hybridized carbons (Fsp3) is 0.0303. The van der Waals surface area contributed by atoms with E-state index in [4.69, 9.17) is 20.0 Å². The fourth-order valence-electron chi connectivity index (χ4n) is 5.47. The number of nitrogens with one attached hydrogen (secondary N) is 2. The minimum absolute atomic E-state index is 0.583. The van der Waals surface area contributed by atoms with Crippen LogP contribution in [0.15, 0.2) is 127 Å². The summed E-state index contributed by atoms with van der Waals surface area (Å²) < 4.78 is 0. The van der Waals surface area contributed by atoms with E-state index in [1.165, 1.54) is 5.56 Å². The van der Waals surface area contributed by atoms with E-state index in [0.29, 0.717) is 35.7 Å². The van der Waals surface area contributed by atoms with Gasteiger partial charge < -0.3 is 10.3 Å². The first-order chi connectivity index (χ1) is 20.3. The van der Waals surface area contributed by atoms with Crippen molar-refractivity contribution in [2.75, 3.05) is 0 Å². The zero-order chi connectivity index (χ0) is 27.3. The zero-order valence-corrected chi connectivity index (χ0v) is 21.8. The lowest BCUT2D eigenvalue weighted by Crippen LogP contribution is -2.24. The lowest BCUT2D eigenvalue weighted by molar-refractivity contribution is 1.11. The quantitative estimate of drug-likeness (QED) is 0.265. The molecule has 2 N–H and O–H groups in total. The van der Waals surface area contributed by atoms with E-state index in [0.717, 1.165) is 50.3 Å². The van der Waals surface area contributed by atoms with Crippen molar-refractivity contribution >= 4 is 58.3 Å². The second kappa shape index (κ2) is 9.17. The number of rotatable bonds is 2. The number of H-pyrrole nitrogens is 1. The van der Waals surface area contributed by atoms with Gasteiger partial charge in [0.1, 0.15) is 23.3 Å². The van der Waals surface area contributed by atoms with Gasteiger partial charge in [-0.1, -0.05) is 97.1 Å². The van der Waals surface area contributed by atoms with Crippen LogP contribution in [-0.4, -0.2) is 40.9 Å². The lowest BCUT2D eigenvalue weighted by Gasteiger charge is -2.03. The molecule has 0 amide bonds. The molecule has 0 atom stereocenters. The van der Waals surface area contributed by atoms with Crippen LogP contribution in [0.25, 0.3) is 10.8 Å². The van der Waals surface area contributed by atoms with Crippen LogP contribution >= 0.6 is 0 Å². The average molecular weight is 531 g/mol. The van der Waals surface area contributed by atoms with Gasteiger partial charge in [0.05, 0.1) is 6.54 Å².